The second-order valence-corrected chi connectivity index (χ2v) is 6.56. The van der Waals surface area contributed by atoms with E-state index in [0.717, 1.165) is 16.5 Å². The number of non-ortho nitro benzene ring substituents is 1. The molecule has 0 aliphatic carbocycles. The van der Waals surface area contributed by atoms with Crippen LogP contribution in [0.3, 0.4) is 0 Å². The first-order valence-electron chi connectivity index (χ1n) is 8.58. The van der Waals surface area contributed by atoms with Crippen molar-refractivity contribution in [3.63, 3.8) is 0 Å². The number of aromatic nitrogens is 1. The molecule has 7 nitrogen and oxygen atoms in total. The van der Waals surface area contributed by atoms with Gasteiger partial charge in [0, 0.05) is 23.0 Å². The zero-order chi connectivity index (χ0) is 19.6. The van der Waals surface area contributed by atoms with E-state index < -0.39 is 4.92 Å². The number of para-hydroxylation sites is 1. The molecule has 7 heteroatoms. The van der Waals surface area contributed by atoms with Crippen LogP contribution in [0.1, 0.15) is 48.3 Å². The molecule has 0 fully saturated rings. The molecule has 0 spiro atoms. The van der Waals surface area contributed by atoms with Gasteiger partial charge in [0.2, 0.25) is 0 Å². The molecule has 3 aromatic rings. The number of nitrogens with zero attached hydrogens (tertiary/aromatic N) is 2. The highest BCUT2D eigenvalue weighted by molar-refractivity contribution is 6.03. The summed E-state index contributed by atoms with van der Waals surface area (Å²) in [7, 11) is 0. The molecule has 0 radical (unpaired) electrons. The topological polar surface area (TPSA) is 100 Å². The van der Waals surface area contributed by atoms with Crippen molar-refractivity contribution in [2.45, 2.75) is 26.7 Å². The Labute approximate surface area is 156 Å². The summed E-state index contributed by atoms with van der Waals surface area (Å²) in [5, 5.41) is 15.9. The maximum atomic E-state index is 12.7. The van der Waals surface area contributed by atoms with Crippen molar-refractivity contribution in [3.8, 4) is 0 Å². The molecule has 1 amide bonds. The van der Waals surface area contributed by atoms with Crippen molar-refractivity contribution in [2.75, 3.05) is 0 Å². The molecule has 1 aromatic heterocycles. The van der Waals surface area contributed by atoms with Crippen LogP contribution in [-0.4, -0.2) is 21.5 Å². The number of nitro groups is 1. The lowest BCUT2D eigenvalue weighted by Crippen LogP contribution is -2.21. The highest BCUT2D eigenvalue weighted by atomic mass is 16.6. The summed E-state index contributed by atoms with van der Waals surface area (Å²) < 4.78 is 0. The normalized spacial score (nSPS) is 11.8. The fourth-order valence-electron chi connectivity index (χ4n) is 3.02. The van der Waals surface area contributed by atoms with E-state index in [1.165, 1.54) is 12.1 Å². The molecule has 0 saturated heterocycles. The van der Waals surface area contributed by atoms with Crippen LogP contribution in [0.25, 0.3) is 10.9 Å². The number of nitrogens with one attached hydrogen (secondary N) is 2. The molecule has 27 heavy (non-hydrogen) atoms. The van der Waals surface area contributed by atoms with Crippen LogP contribution in [0.4, 0.5) is 5.69 Å². The Morgan fingerprint density at radius 1 is 1.15 bits per heavy atom. The predicted molar refractivity (Wildman–Crippen MR) is 105 cm³/mol. The van der Waals surface area contributed by atoms with E-state index in [-0.39, 0.29) is 17.5 Å². The number of hydrogen-bond acceptors (Lipinski definition) is 4. The fourth-order valence-corrected chi connectivity index (χ4v) is 3.02. The molecule has 0 saturated carbocycles. The summed E-state index contributed by atoms with van der Waals surface area (Å²) in [6.45, 7) is 5.81. The maximum Gasteiger partial charge on any atom is 0.288 e. The zero-order valence-corrected chi connectivity index (χ0v) is 15.3. The first kappa shape index (κ1) is 18.3. The van der Waals surface area contributed by atoms with Gasteiger partial charge >= 0.3 is 0 Å². The van der Waals surface area contributed by atoms with Crippen molar-refractivity contribution >= 4 is 28.2 Å². The molecule has 0 bridgehead atoms. The number of carbonyl (C=O) groups is 1. The van der Waals surface area contributed by atoms with Gasteiger partial charge in [0.1, 0.15) is 5.69 Å². The lowest BCUT2D eigenvalue weighted by Gasteiger charge is -2.07. The summed E-state index contributed by atoms with van der Waals surface area (Å²) in [6.07, 6.45) is 0. The van der Waals surface area contributed by atoms with Crippen LogP contribution in [0.2, 0.25) is 0 Å². The molecule has 0 aliphatic heterocycles. The van der Waals surface area contributed by atoms with Gasteiger partial charge < -0.3 is 4.98 Å². The number of benzene rings is 2. The Kier molecular flexibility index (Phi) is 5.03. The molecule has 2 aromatic carbocycles. The van der Waals surface area contributed by atoms with Crippen molar-refractivity contribution in [1.82, 2.24) is 10.4 Å². The number of rotatable bonds is 5. The molecular weight excluding hydrogens is 344 g/mol. The SMILES string of the molecule is CC(=NNC(=O)c1[nH]c2ccccc2c1C(C)C)c1ccc([N+](=O)[O-])cc1. The molecule has 0 atom stereocenters. The standard InChI is InChI=1S/C20H20N4O3/c1-12(2)18-16-6-4-5-7-17(16)21-19(18)20(25)23-22-13(3)14-8-10-15(11-9-14)24(26)27/h4-12,21H,1-3H3,(H,23,25). The van der Waals surface area contributed by atoms with E-state index >= 15 is 0 Å². The van der Waals surface area contributed by atoms with Gasteiger partial charge in [-0.1, -0.05) is 32.0 Å². The Hall–Kier alpha value is -3.48. The third-order valence-corrected chi connectivity index (χ3v) is 4.37. The largest absolute Gasteiger partial charge is 0.350 e. The summed E-state index contributed by atoms with van der Waals surface area (Å²) in [5.74, 6) is -0.155. The molecule has 0 aliphatic rings. The number of hydrogen-bond donors (Lipinski definition) is 2. The van der Waals surface area contributed by atoms with E-state index in [0.29, 0.717) is 17.0 Å². The summed E-state index contributed by atoms with van der Waals surface area (Å²) >= 11 is 0. The maximum absolute atomic E-state index is 12.7. The number of amides is 1. The Bertz CT molecular complexity index is 1030. The highest BCUT2D eigenvalue weighted by Gasteiger charge is 2.19. The van der Waals surface area contributed by atoms with Gasteiger partial charge in [-0.3, -0.25) is 14.9 Å². The lowest BCUT2D eigenvalue weighted by atomic mass is 9.99. The van der Waals surface area contributed by atoms with E-state index in [1.54, 1.807) is 19.1 Å². The first-order valence-corrected chi connectivity index (χ1v) is 8.58. The monoisotopic (exact) mass is 364 g/mol. The smallest absolute Gasteiger partial charge is 0.288 e. The van der Waals surface area contributed by atoms with Gasteiger partial charge in [-0.05, 0) is 42.2 Å². The van der Waals surface area contributed by atoms with E-state index in [1.807, 2.05) is 38.1 Å². The van der Waals surface area contributed by atoms with Gasteiger partial charge in [-0.25, -0.2) is 5.43 Å². The van der Waals surface area contributed by atoms with Crippen molar-refractivity contribution in [3.05, 3.63) is 75.5 Å². The third-order valence-electron chi connectivity index (χ3n) is 4.37. The van der Waals surface area contributed by atoms with Gasteiger partial charge in [0.25, 0.3) is 11.6 Å². The summed E-state index contributed by atoms with van der Waals surface area (Å²) in [4.78, 5) is 26.1. The Balaban J connectivity index is 1.85. The molecule has 3 rings (SSSR count). The molecule has 0 unspecified atom stereocenters. The van der Waals surface area contributed by atoms with Crippen molar-refractivity contribution in [2.24, 2.45) is 5.10 Å². The van der Waals surface area contributed by atoms with Crippen LogP contribution in [-0.2, 0) is 0 Å². The van der Waals surface area contributed by atoms with Gasteiger partial charge in [-0.2, -0.15) is 5.10 Å². The molecular formula is C20H20N4O3. The zero-order valence-electron chi connectivity index (χ0n) is 15.3. The quantitative estimate of drug-likeness (QED) is 0.400. The summed E-state index contributed by atoms with van der Waals surface area (Å²) in [5.41, 5.74) is 6.18. The number of H-pyrrole nitrogens is 1. The minimum absolute atomic E-state index is 0.00948. The van der Waals surface area contributed by atoms with Crippen LogP contribution in [0.5, 0.6) is 0 Å². The number of aromatic amines is 1. The minimum atomic E-state index is -0.457. The fraction of sp³-hybridized carbons (Fsp3) is 0.200. The minimum Gasteiger partial charge on any atom is -0.350 e. The van der Waals surface area contributed by atoms with Crippen molar-refractivity contribution < 1.29 is 9.72 Å². The van der Waals surface area contributed by atoms with Crippen LogP contribution in [0.15, 0.2) is 53.6 Å². The van der Waals surface area contributed by atoms with E-state index in [2.05, 4.69) is 15.5 Å². The number of hydrazone groups is 1. The second kappa shape index (κ2) is 7.41. The number of nitro benzene ring substituents is 1. The summed E-state index contributed by atoms with van der Waals surface area (Å²) in [6, 6.07) is 13.8. The van der Waals surface area contributed by atoms with E-state index in [9.17, 15) is 14.9 Å². The predicted octanol–water partition coefficient (Wildman–Crippen LogP) is 4.35. The van der Waals surface area contributed by atoms with Crippen molar-refractivity contribution in [1.29, 1.82) is 0 Å². The van der Waals surface area contributed by atoms with Crippen LogP contribution >= 0.6 is 0 Å². The Morgan fingerprint density at radius 2 is 1.81 bits per heavy atom. The molecule has 1 heterocycles. The number of fused-ring (bicyclic) bond motifs is 1. The third kappa shape index (κ3) is 3.72. The number of carbonyl (C=O) groups excluding carboxylic acids is 1. The van der Waals surface area contributed by atoms with Gasteiger partial charge in [0.15, 0.2) is 0 Å². The van der Waals surface area contributed by atoms with Gasteiger partial charge in [0.05, 0.1) is 10.6 Å². The average Bonchev–Trinajstić information content (AvgIpc) is 3.05. The van der Waals surface area contributed by atoms with E-state index in [4.69, 9.17) is 0 Å². The molecule has 2 N–H and O–H groups in total. The van der Waals surface area contributed by atoms with Crippen LogP contribution < -0.4 is 5.43 Å². The van der Waals surface area contributed by atoms with Crippen LogP contribution in [0, 0.1) is 10.1 Å². The highest BCUT2D eigenvalue weighted by Crippen LogP contribution is 2.29. The van der Waals surface area contributed by atoms with Gasteiger partial charge in [-0.15, -0.1) is 0 Å². The lowest BCUT2D eigenvalue weighted by molar-refractivity contribution is -0.384. The Morgan fingerprint density at radius 3 is 2.44 bits per heavy atom. The molecule has 138 valence electrons. The first-order chi connectivity index (χ1) is 12.9. The average molecular weight is 364 g/mol. The second-order valence-electron chi connectivity index (χ2n) is 6.56.